The van der Waals surface area contributed by atoms with Crippen LogP contribution in [-0.4, -0.2) is 62.8 Å². The fourth-order valence-corrected chi connectivity index (χ4v) is 5.61. The normalized spacial score (nSPS) is 14.1. The molecule has 1 aliphatic heterocycles. The van der Waals surface area contributed by atoms with Crippen molar-refractivity contribution >= 4 is 11.9 Å². The molecular weight excluding hydrogens is 500 g/mol. The summed E-state index contributed by atoms with van der Waals surface area (Å²) in [6.07, 6.45) is 25.9. The van der Waals surface area contributed by atoms with Gasteiger partial charge in [0.2, 0.25) is 0 Å². The van der Waals surface area contributed by atoms with Gasteiger partial charge >= 0.3 is 11.9 Å². The number of carbonyl (C=O) groups is 2. The molecule has 0 aromatic rings. The molecule has 6 heteroatoms. The molecule has 1 N–H and O–H groups in total. The van der Waals surface area contributed by atoms with Gasteiger partial charge in [-0.25, -0.2) is 0 Å². The van der Waals surface area contributed by atoms with E-state index in [2.05, 4.69) is 24.1 Å². The van der Waals surface area contributed by atoms with Crippen LogP contribution in [0.15, 0.2) is 0 Å². The molecule has 0 radical (unpaired) electrons. The molecule has 0 bridgehead atoms. The van der Waals surface area contributed by atoms with Crippen molar-refractivity contribution in [3.8, 4) is 0 Å². The average Bonchev–Trinajstić information content (AvgIpc) is 2.96. The van der Waals surface area contributed by atoms with E-state index in [0.29, 0.717) is 45.1 Å². The molecule has 1 rings (SSSR count). The summed E-state index contributed by atoms with van der Waals surface area (Å²) in [6, 6.07) is 0. The number of esters is 2. The molecule has 0 atom stereocenters. The average molecular weight is 567 g/mol. The van der Waals surface area contributed by atoms with Gasteiger partial charge in [0.25, 0.3) is 0 Å². The van der Waals surface area contributed by atoms with Crippen molar-refractivity contribution in [3.63, 3.8) is 0 Å². The smallest absolute Gasteiger partial charge is 0.305 e. The predicted octanol–water partition coefficient (Wildman–Crippen LogP) is 8.22. The molecule has 1 saturated heterocycles. The summed E-state index contributed by atoms with van der Waals surface area (Å²) in [4.78, 5) is 26.8. The van der Waals surface area contributed by atoms with Crippen molar-refractivity contribution in [2.75, 3.05) is 45.9 Å². The first kappa shape index (κ1) is 36.9. The van der Waals surface area contributed by atoms with E-state index in [9.17, 15) is 9.59 Å². The van der Waals surface area contributed by atoms with Crippen LogP contribution in [0, 0.1) is 5.92 Å². The van der Waals surface area contributed by atoms with Gasteiger partial charge in [-0.2, -0.15) is 0 Å². The third-order valence-corrected chi connectivity index (χ3v) is 8.29. The molecule has 0 unspecified atom stereocenters. The molecule has 0 aromatic carbocycles. The Hall–Kier alpha value is -1.14. The minimum atomic E-state index is -0.0721. The summed E-state index contributed by atoms with van der Waals surface area (Å²) >= 11 is 0. The highest BCUT2D eigenvalue weighted by Crippen LogP contribution is 2.15. The van der Waals surface area contributed by atoms with Gasteiger partial charge in [0.1, 0.15) is 13.2 Å². The maximum Gasteiger partial charge on any atom is 0.305 e. The first-order valence-electron chi connectivity index (χ1n) is 17.4. The molecule has 1 aliphatic rings. The molecule has 0 aliphatic carbocycles. The Bertz CT molecular complexity index is 540. The Balaban J connectivity index is 2.15. The van der Waals surface area contributed by atoms with E-state index < -0.39 is 0 Å². The van der Waals surface area contributed by atoms with Gasteiger partial charge in [0.15, 0.2) is 0 Å². The number of rotatable bonds is 28. The Morgan fingerprint density at radius 1 is 0.600 bits per heavy atom. The van der Waals surface area contributed by atoms with E-state index >= 15 is 0 Å². The van der Waals surface area contributed by atoms with E-state index in [0.717, 1.165) is 45.3 Å². The van der Waals surface area contributed by atoms with E-state index in [-0.39, 0.29) is 11.9 Å². The lowest BCUT2D eigenvalue weighted by Gasteiger charge is -2.29. The monoisotopic (exact) mass is 567 g/mol. The quantitative estimate of drug-likeness (QED) is 0.0760. The number of carbonyl (C=O) groups excluding carboxylic acids is 2. The van der Waals surface area contributed by atoms with Crippen LogP contribution in [0.25, 0.3) is 0 Å². The molecule has 0 aromatic heterocycles. The summed E-state index contributed by atoms with van der Waals surface area (Å²) in [5.41, 5.74) is 0. The van der Waals surface area contributed by atoms with Crippen molar-refractivity contribution in [1.82, 2.24) is 10.2 Å². The summed E-state index contributed by atoms with van der Waals surface area (Å²) in [6.45, 7) is 9.89. The molecule has 1 fully saturated rings. The summed E-state index contributed by atoms with van der Waals surface area (Å²) < 4.78 is 11.1. The van der Waals surface area contributed by atoms with Crippen molar-refractivity contribution in [3.05, 3.63) is 0 Å². The Labute approximate surface area is 248 Å². The SMILES string of the molecule is CCCCCCCCCCCC(=O)OCCN(CCOC(=O)CCCCCCCCCCC)CC1CCNCC1. The minimum absolute atomic E-state index is 0.0721. The Morgan fingerprint density at radius 3 is 1.38 bits per heavy atom. The van der Waals surface area contributed by atoms with E-state index in [1.165, 1.54) is 103 Å². The second-order valence-electron chi connectivity index (χ2n) is 12.1. The lowest BCUT2D eigenvalue weighted by molar-refractivity contribution is -0.144. The topological polar surface area (TPSA) is 67.9 Å². The molecule has 0 spiro atoms. The fourth-order valence-electron chi connectivity index (χ4n) is 5.61. The molecule has 236 valence electrons. The highest BCUT2D eigenvalue weighted by atomic mass is 16.5. The minimum Gasteiger partial charge on any atom is -0.464 e. The fraction of sp³-hybridized carbons (Fsp3) is 0.941. The lowest BCUT2D eigenvalue weighted by Crippen LogP contribution is -2.39. The highest BCUT2D eigenvalue weighted by molar-refractivity contribution is 5.69. The molecule has 1 heterocycles. The Morgan fingerprint density at radius 2 is 0.975 bits per heavy atom. The Kier molecular flexibility index (Phi) is 25.8. The molecule has 0 saturated carbocycles. The first-order valence-corrected chi connectivity index (χ1v) is 17.4. The molecule has 6 nitrogen and oxygen atoms in total. The molecular formula is C34H66N2O4. The van der Waals surface area contributed by atoms with Crippen molar-refractivity contribution in [2.24, 2.45) is 5.92 Å². The van der Waals surface area contributed by atoms with Crippen LogP contribution in [0.5, 0.6) is 0 Å². The van der Waals surface area contributed by atoms with Crippen LogP contribution in [0.1, 0.15) is 155 Å². The van der Waals surface area contributed by atoms with Crippen LogP contribution < -0.4 is 5.32 Å². The van der Waals surface area contributed by atoms with Crippen LogP contribution >= 0.6 is 0 Å². The number of ether oxygens (including phenoxy) is 2. The maximum atomic E-state index is 12.2. The lowest BCUT2D eigenvalue weighted by atomic mass is 9.97. The number of nitrogens with zero attached hydrogens (tertiary/aromatic N) is 1. The maximum absolute atomic E-state index is 12.2. The van der Waals surface area contributed by atoms with Gasteiger partial charge in [0.05, 0.1) is 0 Å². The predicted molar refractivity (Wildman–Crippen MR) is 168 cm³/mol. The number of nitrogens with one attached hydrogen (secondary N) is 1. The third-order valence-electron chi connectivity index (χ3n) is 8.29. The third kappa shape index (κ3) is 23.6. The zero-order chi connectivity index (χ0) is 28.9. The van der Waals surface area contributed by atoms with Gasteiger partial charge in [-0.15, -0.1) is 0 Å². The standard InChI is InChI=1S/C34H66N2O4/c1-3-5-7-9-11-13-15-17-19-21-33(37)39-29-27-36(31-32-23-25-35-26-24-32)28-30-40-34(38)22-20-18-16-14-12-10-8-6-4-2/h32,35H,3-31H2,1-2H3. The van der Waals surface area contributed by atoms with Crippen LogP contribution in [-0.2, 0) is 19.1 Å². The molecule has 40 heavy (non-hydrogen) atoms. The van der Waals surface area contributed by atoms with Crippen LogP contribution in [0.2, 0.25) is 0 Å². The second-order valence-corrected chi connectivity index (χ2v) is 12.1. The zero-order valence-electron chi connectivity index (χ0n) is 26.7. The second kappa shape index (κ2) is 28.0. The number of unbranched alkanes of at least 4 members (excludes halogenated alkanes) is 16. The van der Waals surface area contributed by atoms with Crippen molar-refractivity contribution in [2.45, 2.75) is 155 Å². The largest absolute Gasteiger partial charge is 0.464 e. The number of hydrogen-bond donors (Lipinski definition) is 1. The van der Waals surface area contributed by atoms with Gasteiger partial charge < -0.3 is 14.8 Å². The van der Waals surface area contributed by atoms with E-state index in [4.69, 9.17) is 9.47 Å². The van der Waals surface area contributed by atoms with Crippen LogP contribution in [0.4, 0.5) is 0 Å². The summed E-state index contributed by atoms with van der Waals surface area (Å²) in [7, 11) is 0. The number of hydrogen-bond acceptors (Lipinski definition) is 6. The van der Waals surface area contributed by atoms with E-state index in [1.54, 1.807) is 0 Å². The highest BCUT2D eigenvalue weighted by Gasteiger charge is 2.18. The van der Waals surface area contributed by atoms with Gasteiger partial charge in [-0.05, 0) is 44.7 Å². The zero-order valence-corrected chi connectivity index (χ0v) is 26.7. The number of piperidine rings is 1. The van der Waals surface area contributed by atoms with Gasteiger partial charge in [-0.3, -0.25) is 14.5 Å². The van der Waals surface area contributed by atoms with Crippen LogP contribution in [0.3, 0.4) is 0 Å². The van der Waals surface area contributed by atoms with E-state index in [1.807, 2.05) is 0 Å². The first-order chi connectivity index (χ1) is 19.7. The summed E-state index contributed by atoms with van der Waals surface area (Å²) in [5.74, 6) is 0.505. The van der Waals surface area contributed by atoms with Crippen molar-refractivity contribution in [1.29, 1.82) is 0 Å². The summed E-state index contributed by atoms with van der Waals surface area (Å²) in [5, 5.41) is 3.43. The van der Waals surface area contributed by atoms with Gasteiger partial charge in [-0.1, -0.05) is 117 Å². The molecule has 0 amide bonds. The van der Waals surface area contributed by atoms with Gasteiger partial charge in [0, 0.05) is 32.5 Å². The van der Waals surface area contributed by atoms with Crippen molar-refractivity contribution < 1.29 is 19.1 Å².